The van der Waals surface area contributed by atoms with Gasteiger partial charge in [-0.15, -0.1) is 0 Å². The standard InChI is InChI=1S/C26H30N2O2/c1-18-7-6-14-28(17-18)23-12-10-20(11-13-23)19(2)27-26(29)24-15-21-8-4-5-9-22(21)16-25(24)30-3/h4-5,8-13,15-16,18-19H,6-7,14,17H2,1-3H3,(H,27,29). The number of carbonyl (C=O) groups is 1. The van der Waals surface area contributed by atoms with Gasteiger partial charge in [-0.1, -0.05) is 43.3 Å². The molecular weight excluding hydrogens is 372 g/mol. The second kappa shape index (κ2) is 8.78. The zero-order chi connectivity index (χ0) is 21.1. The predicted octanol–water partition coefficient (Wildman–Crippen LogP) is 5.58. The maximum absolute atomic E-state index is 13.0. The minimum Gasteiger partial charge on any atom is -0.496 e. The van der Waals surface area contributed by atoms with Crippen molar-refractivity contribution in [3.05, 3.63) is 71.8 Å². The van der Waals surface area contributed by atoms with Crippen molar-refractivity contribution in [1.29, 1.82) is 0 Å². The van der Waals surface area contributed by atoms with Gasteiger partial charge in [0.1, 0.15) is 5.75 Å². The fourth-order valence-electron chi connectivity index (χ4n) is 4.32. The molecule has 1 fully saturated rings. The number of methoxy groups -OCH3 is 1. The summed E-state index contributed by atoms with van der Waals surface area (Å²) < 4.78 is 5.49. The number of benzene rings is 3. The summed E-state index contributed by atoms with van der Waals surface area (Å²) in [6, 6.07) is 20.3. The summed E-state index contributed by atoms with van der Waals surface area (Å²) in [7, 11) is 1.60. The van der Waals surface area contributed by atoms with Crippen molar-refractivity contribution in [3.63, 3.8) is 0 Å². The van der Waals surface area contributed by atoms with E-state index in [0.29, 0.717) is 11.3 Å². The SMILES string of the molecule is COc1cc2ccccc2cc1C(=O)NC(C)c1ccc(N2CCCC(C)C2)cc1. The molecule has 0 spiro atoms. The molecule has 0 aromatic heterocycles. The van der Waals surface area contributed by atoms with E-state index in [4.69, 9.17) is 4.74 Å². The number of ether oxygens (including phenoxy) is 1. The summed E-state index contributed by atoms with van der Waals surface area (Å²) in [6.45, 7) is 6.58. The molecule has 1 aliphatic heterocycles. The number of rotatable bonds is 5. The summed E-state index contributed by atoms with van der Waals surface area (Å²) in [6.07, 6.45) is 2.57. The predicted molar refractivity (Wildman–Crippen MR) is 123 cm³/mol. The lowest BCUT2D eigenvalue weighted by molar-refractivity contribution is 0.0937. The fraction of sp³-hybridized carbons (Fsp3) is 0.346. The van der Waals surface area contributed by atoms with E-state index in [2.05, 4.69) is 41.4 Å². The number of nitrogens with one attached hydrogen (secondary N) is 1. The third kappa shape index (κ3) is 4.28. The minimum atomic E-state index is -0.126. The molecule has 3 aromatic carbocycles. The fourth-order valence-corrected chi connectivity index (χ4v) is 4.32. The van der Waals surface area contributed by atoms with Gasteiger partial charge in [0.25, 0.3) is 5.91 Å². The molecule has 1 aliphatic rings. The highest BCUT2D eigenvalue weighted by Crippen LogP contribution is 2.28. The van der Waals surface area contributed by atoms with Crippen molar-refractivity contribution in [3.8, 4) is 5.75 Å². The van der Waals surface area contributed by atoms with Crippen molar-refractivity contribution >= 4 is 22.4 Å². The molecule has 156 valence electrons. The summed E-state index contributed by atoms with van der Waals surface area (Å²) in [4.78, 5) is 15.5. The molecule has 1 saturated heterocycles. The number of piperidine rings is 1. The van der Waals surface area contributed by atoms with Crippen LogP contribution >= 0.6 is 0 Å². The largest absolute Gasteiger partial charge is 0.496 e. The highest BCUT2D eigenvalue weighted by atomic mass is 16.5. The third-order valence-corrected chi connectivity index (χ3v) is 6.08. The van der Waals surface area contributed by atoms with E-state index < -0.39 is 0 Å². The Labute approximate surface area is 178 Å². The molecule has 0 bridgehead atoms. The van der Waals surface area contributed by atoms with Crippen LogP contribution in [0.15, 0.2) is 60.7 Å². The van der Waals surface area contributed by atoms with Crippen LogP contribution in [0.1, 0.15) is 48.7 Å². The van der Waals surface area contributed by atoms with Crippen LogP contribution in [0.3, 0.4) is 0 Å². The normalized spacial score (nSPS) is 17.6. The van der Waals surface area contributed by atoms with Crippen LogP contribution in [0.2, 0.25) is 0 Å². The Morgan fingerprint density at radius 1 is 1.10 bits per heavy atom. The Kier molecular flexibility index (Phi) is 5.93. The van der Waals surface area contributed by atoms with Crippen molar-refractivity contribution in [1.82, 2.24) is 5.32 Å². The highest BCUT2D eigenvalue weighted by Gasteiger charge is 2.19. The minimum absolute atomic E-state index is 0.0944. The summed E-state index contributed by atoms with van der Waals surface area (Å²) in [5.74, 6) is 1.21. The third-order valence-electron chi connectivity index (χ3n) is 6.08. The van der Waals surface area contributed by atoms with Gasteiger partial charge in [0.15, 0.2) is 0 Å². The molecule has 30 heavy (non-hydrogen) atoms. The lowest BCUT2D eigenvalue weighted by Crippen LogP contribution is -2.34. The first kappa shape index (κ1) is 20.3. The summed E-state index contributed by atoms with van der Waals surface area (Å²) in [5, 5.41) is 5.21. The quantitative estimate of drug-likeness (QED) is 0.606. The first-order valence-corrected chi connectivity index (χ1v) is 10.8. The average Bonchev–Trinajstić information content (AvgIpc) is 2.78. The number of hydrogen-bond acceptors (Lipinski definition) is 3. The Bertz CT molecular complexity index is 1030. The van der Waals surface area contributed by atoms with Crippen LogP contribution in [0.5, 0.6) is 5.75 Å². The van der Waals surface area contributed by atoms with Crippen LogP contribution in [-0.4, -0.2) is 26.1 Å². The van der Waals surface area contributed by atoms with E-state index in [0.717, 1.165) is 35.3 Å². The smallest absolute Gasteiger partial charge is 0.255 e. The molecule has 0 saturated carbocycles. The maximum Gasteiger partial charge on any atom is 0.255 e. The Balaban J connectivity index is 1.49. The lowest BCUT2D eigenvalue weighted by atomic mass is 9.99. The molecule has 4 nitrogen and oxygen atoms in total. The van der Waals surface area contributed by atoms with E-state index in [-0.39, 0.29) is 11.9 Å². The van der Waals surface area contributed by atoms with Gasteiger partial charge in [0.05, 0.1) is 18.7 Å². The molecule has 3 aromatic rings. The lowest BCUT2D eigenvalue weighted by Gasteiger charge is -2.33. The van der Waals surface area contributed by atoms with E-state index in [9.17, 15) is 4.79 Å². The number of anilines is 1. The van der Waals surface area contributed by atoms with Crippen LogP contribution in [0.4, 0.5) is 5.69 Å². The van der Waals surface area contributed by atoms with Gasteiger partial charge in [-0.05, 0) is 66.3 Å². The molecule has 0 aliphatic carbocycles. The number of nitrogens with zero attached hydrogens (tertiary/aromatic N) is 1. The monoisotopic (exact) mass is 402 g/mol. The average molecular weight is 403 g/mol. The molecule has 1 heterocycles. The molecule has 1 N–H and O–H groups in total. The van der Waals surface area contributed by atoms with Crippen LogP contribution in [0.25, 0.3) is 10.8 Å². The molecule has 4 heteroatoms. The number of carbonyl (C=O) groups excluding carboxylic acids is 1. The van der Waals surface area contributed by atoms with Crippen LogP contribution < -0.4 is 15.0 Å². The zero-order valence-corrected chi connectivity index (χ0v) is 18.0. The van der Waals surface area contributed by atoms with Gasteiger partial charge in [-0.3, -0.25) is 4.79 Å². The second-order valence-corrected chi connectivity index (χ2v) is 8.38. The van der Waals surface area contributed by atoms with Gasteiger partial charge in [-0.25, -0.2) is 0 Å². The molecule has 0 radical (unpaired) electrons. The van der Waals surface area contributed by atoms with Crippen LogP contribution in [-0.2, 0) is 0 Å². The zero-order valence-electron chi connectivity index (χ0n) is 18.0. The first-order valence-electron chi connectivity index (χ1n) is 10.8. The van der Waals surface area contributed by atoms with Crippen molar-refractivity contribution < 1.29 is 9.53 Å². The van der Waals surface area contributed by atoms with E-state index in [1.807, 2.05) is 43.3 Å². The van der Waals surface area contributed by atoms with Crippen LogP contribution in [0, 0.1) is 5.92 Å². The van der Waals surface area contributed by atoms with Gasteiger partial charge in [0.2, 0.25) is 0 Å². The van der Waals surface area contributed by atoms with E-state index >= 15 is 0 Å². The van der Waals surface area contributed by atoms with Crippen molar-refractivity contribution in [2.24, 2.45) is 5.92 Å². The van der Waals surface area contributed by atoms with Crippen molar-refractivity contribution in [2.45, 2.75) is 32.7 Å². The van der Waals surface area contributed by atoms with Gasteiger partial charge in [0, 0.05) is 18.8 Å². The molecular formula is C26H30N2O2. The summed E-state index contributed by atoms with van der Waals surface area (Å²) in [5.41, 5.74) is 2.92. The maximum atomic E-state index is 13.0. The number of fused-ring (bicyclic) bond motifs is 1. The van der Waals surface area contributed by atoms with Crippen molar-refractivity contribution in [2.75, 3.05) is 25.1 Å². The first-order chi connectivity index (χ1) is 14.5. The van der Waals surface area contributed by atoms with Gasteiger partial charge < -0.3 is 15.0 Å². The second-order valence-electron chi connectivity index (χ2n) is 8.38. The number of hydrogen-bond donors (Lipinski definition) is 1. The molecule has 2 unspecified atom stereocenters. The Morgan fingerprint density at radius 2 is 1.80 bits per heavy atom. The van der Waals surface area contributed by atoms with E-state index in [1.54, 1.807) is 7.11 Å². The molecule has 1 amide bonds. The highest BCUT2D eigenvalue weighted by molar-refractivity contribution is 6.01. The Morgan fingerprint density at radius 3 is 2.47 bits per heavy atom. The van der Waals surface area contributed by atoms with Gasteiger partial charge in [-0.2, -0.15) is 0 Å². The number of amides is 1. The molecule has 2 atom stereocenters. The van der Waals surface area contributed by atoms with Gasteiger partial charge >= 0.3 is 0 Å². The topological polar surface area (TPSA) is 41.6 Å². The molecule has 4 rings (SSSR count). The van der Waals surface area contributed by atoms with E-state index in [1.165, 1.54) is 18.5 Å². The summed E-state index contributed by atoms with van der Waals surface area (Å²) >= 11 is 0. The Hall–Kier alpha value is -3.01.